The third-order valence-electron chi connectivity index (χ3n) is 3.36. The van der Waals surface area contributed by atoms with Gasteiger partial charge in [-0.2, -0.15) is 15.0 Å². The number of nitrogens with one attached hydrogen (secondary N) is 1. The third kappa shape index (κ3) is 5.14. The first kappa shape index (κ1) is 19.6. The molecule has 11 heteroatoms. The van der Waals surface area contributed by atoms with Crippen LogP contribution in [-0.4, -0.2) is 53.4 Å². The van der Waals surface area contributed by atoms with Crippen molar-refractivity contribution in [1.82, 2.24) is 15.0 Å². The van der Waals surface area contributed by atoms with Crippen molar-refractivity contribution in [2.24, 2.45) is 0 Å². The number of hydrogen-bond acceptors (Lipinski definition) is 9. The predicted octanol–water partition coefficient (Wildman–Crippen LogP) is 2.98. The highest BCUT2D eigenvalue weighted by molar-refractivity contribution is 8.19. The summed E-state index contributed by atoms with van der Waals surface area (Å²) in [4.78, 5) is 14.1. The Balaban J connectivity index is 2.28. The molecule has 9 nitrogen and oxygen atoms in total. The van der Waals surface area contributed by atoms with Gasteiger partial charge in [0.25, 0.3) is 0 Å². The summed E-state index contributed by atoms with van der Waals surface area (Å²) in [6.07, 6.45) is 0. The Bertz CT molecular complexity index is 744. The first-order valence-electron chi connectivity index (χ1n) is 7.40. The Morgan fingerprint density at radius 3 is 2.48 bits per heavy atom. The van der Waals surface area contributed by atoms with Crippen molar-refractivity contribution < 1.29 is 18.8 Å². The van der Waals surface area contributed by atoms with Crippen LogP contribution in [0.2, 0.25) is 5.28 Å². The number of aliphatic hydroxyl groups excluding tert-OH is 1. The van der Waals surface area contributed by atoms with E-state index < -0.39 is 10.9 Å². The standard InChI is InChI=1S/C14H20ClN5O4S/c1-3-20(6-7-21)14-18-12(15)17-13(19-14)16-10-4-5-11(9(2)8-10)25(22,23)24/h4-5,8,21-24H,3,6-7H2,1-2H3,(H,16,17,18,19). The fourth-order valence-corrected chi connectivity index (χ4v) is 3.12. The topological polar surface area (TPSA) is 135 Å². The molecule has 1 aromatic carbocycles. The van der Waals surface area contributed by atoms with E-state index in [9.17, 15) is 13.7 Å². The molecule has 0 saturated heterocycles. The number of nitrogens with zero attached hydrogens (tertiary/aromatic N) is 4. The molecular weight excluding hydrogens is 370 g/mol. The smallest absolute Gasteiger partial charge is 0.233 e. The van der Waals surface area contributed by atoms with Crippen LogP contribution in [0.4, 0.5) is 17.6 Å². The molecule has 2 aromatic rings. The lowest BCUT2D eigenvalue weighted by atomic mass is 10.2. The van der Waals surface area contributed by atoms with Crippen LogP contribution in [0.25, 0.3) is 0 Å². The number of benzene rings is 1. The van der Waals surface area contributed by atoms with Gasteiger partial charge in [-0.25, -0.2) is 0 Å². The van der Waals surface area contributed by atoms with Crippen LogP contribution in [-0.2, 0) is 0 Å². The molecule has 0 amide bonds. The maximum atomic E-state index is 9.36. The van der Waals surface area contributed by atoms with Crippen LogP contribution in [0, 0.1) is 6.92 Å². The number of rotatable bonds is 7. The molecular formula is C14H20ClN5O4S. The van der Waals surface area contributed by atoms with Gasteiger partial charge < -0.3 is 29.0 Å². The van der Waals surface area contributed by atoms with E-state index in [4.69, 9.17) is 16.7 Å². The predicted molar refractivity (Wildman–Crippen MR) is 98.0 cm³/mol. The molecule has 0 atom stereocenters. The lowest BCUT2D eigenvalue weighted by molar-refractivity contribution is 0.301. The fraction of sp³-hybridized carbons (Fsp3) is 0.357. The molecule has 1 heterocycles. The van der Waals surface area contributed by atoms with Crippen LogP contribution < -0.4 is 10.2 Å². The third-order valence-corrected chi connectivity index (χ3v) is 4.57. The van der Waals surface area contributed by atoms with Crippen LogP contribution in [0.3, 0.4) is 0 Å². The molecule has 138 valence electrons. The lowest BCUT2D eigenvalue weighted by Gasteiger charge is -2.22. The molecule has 0 aliphatic heterocycles. The Hall–Kier alpha value is -1.69. The number of anilines is 3. The van der Waals surface area contributed by atoms with E-state index in [1.807, 2.05) is 6.92 Å². The lowest BCUT2D eigenvalue weighted by Crippen LogP contribution is -2.28. The van der Waals surface area contributed by atoms with Crippen molar-refractivity contribution in [2.75, 3.05) is 29.9 Å². The van der Waals surface area contributed by atoms with Crippen LogP contribution in [0.5, 0.6) is 0 Å². The molecule has 0 unspecified atom stereocenters. The molecule has 0 radical (unpaired) electrons. The number of aryl methyl sites for hydroxylation is 1. The quantitative estimate of drug-likeness (QED) is 0.484. The minimum absolute atomic E-state index is 0.00164. The highest BCUT2D eigenvalue weighted by Crippen LogP contribution is 2.45. The van der Waals surface area contributed by atoms with Crippen LogP contribution in [0.1, 0.15) is 12.5 Å². The second-order valence-electron chi connectivity index (χ2n) is 5.16. The van der Waals surface area contributed by atoms with Crippen molar-refractivity contribution >= 4 is 40.1 Å². The monoisotopic (exact) mass is 389 g/mol. The summed E-state index contributed by atoms with van der Waals surface area (Å²) in [7, 11) is -3.78. The van der Waals surface area contributed by atoms with E-state index in [0.717, 1.165) is 0 Å². The number of hydrogen-bond donors (Lipinski definition) is 5. The van der Waals surface area contributed by atoms with Gasteiger partial charge in [0, 0.05) is 18.8 Å². The van der Waals surface area contributed by atoms with Crippen molar-refractivity contribution in [1.29, 1.82) is 0 Å². The fourth-order valence-electron chi connectivity index (χ4n) is 2.22. The zero-order chi connectivity index (χ0) is 18.6. The van der Waals surface area contributed by atoms with Gasteiger partial charge in [0.15, 0.2) is 0 Å². The number of aromatic nitrogens is 3. The summed E-state index contributed by atoms with van der Waals surface area (Å²) in [5.74, 6) is 0.533. The van der Waals surface area contributed by atoms with Crippen molar-refractivity contribution in [3.63, 3.8) is 0 Å². The number of likely N-dealkylation sites (N-methyl/N-ethyl adjacent to an activating group) is 1. The first-order valence-corrected chi connectivity index (χ1v) is 9.28. The van der Waals surface area contributed by atoms with Crippen molar-refractivity contribution in [2.45, 2.75) is 18.7 Å². The van der Waals surface area contributed by atoms with Gasteiger partial charge in [-0.1, -0.05) is 0 Å². The SMILES string of the molecule is CCN(CCO)c1nc(Cl)nc(Nc2ccc(S(O)(O)O)c(C)c2)n1. The molecule has 0 aliphatic rings. The Morgan fingerprint density at radius 1 is 1.20 bits per heavy atom. The highest BCUT2D eigenvalue weighted by atomic mass is 35.5. The molecule has 0 bridgehead atoms. The highest BCUT2D eigenvalue weighted by Gasteiger charge is 2.18. The normalized spacial score (nSPS) is 12.1. The second kappa shape index (κ2) is 8.13. The Morgan fingerprint density at radius 2 is 1.92 bits per heavy atom. The molecule has 5 N–H and O–H groups in total. The summed E-state index contributed by atoms with van der Waals surface area (Å²) < 4.78 is 28.1. The van der Waals surface area contributed by atoms with E-state index in [1.165, 1.54) is 6.07 Å². The van der Waals surface area contributed by atoms with E-state index >= 15 is 0 Å². The molecule has 0 fully saturated rings. The average molecular weight is 390 g/mol. The molecule has 2 rings (SSSR count). The summed E-state index contributed by atoms with van der Waals surface area (Å²) in [6.45, 7) is 4.43. The van der Waals surface area contributed by atoms with E-state index in [-0.39, 0.29) is 22.7 Å². The Kier molecular flexibility index (Phi) is 6.38. The molecule has 0 aliphatic carbocycles. The molecule has 0 saturated carbocycles. The van der Waals surface area contributed by atoms with Gasteiger partial charge in [0.05, 0.1) is 11.5 Å². The van der Waals surface area contributed by atoms with E-state index in [1.54, 1.807) is 24.0 Å². The largest absolute Gasteiger partial charge is 0.395 e. The van der Waals surface area contributed by atoms with Gasteiger partial charge in [-0.05, 0) is 49.2 Å². The van der Waals surface area contributed by atoms with E-state index in [2.05, 4.69) is 20.3 Å². The maximum absolute atomic E-state index is 9.36. The van der Waals surface area contributed by atoms with Crippen LogP contribution in [0.15, 0.2) is 23.1 Å². The molecule has 25 heavy (non-hydrogen) atoms. The van der Waals surface area contributed by atoms with Crippen molar-refractivity contribution in [3.8, 4) is 0 Å². The summed E-state index contributed by atoms with van der Waals surface area (Å²) in [5.41, 5.74) is 1.06. The first-order chi connectivity index (χ1) is 11.7. The van der Waals surface area contributed by atoms with Gasteiger partial charge in [-0.3, -0.25) is 0 Å². The Labute approximate surface area is 151 Å². The molecule has 1 aromatic heterocycles. The average Bonchev–Trinajstić information content (AvgIpc) is 2.50. The van der Waals surface area contributed by atoms with Gasteiger partial charge in [0.1, 0.15) is 10.9 Å². The maximum Gasteiger partial charge on any atom is 0.233 e. The number of halogens is 1. The summed E-state index contributed by atoms with van der Waals surface area (Å²) >= 11 is 5.95. The van der Waals surface area contributed by atoms with E-state index in [0.29, 0.717) is 30.3 Å². The minimum atomic E-state index is -3.78. The van der Waals surface area contributed by atoms with Gasteiger partial charge in [0.2, 0.25) is 17.2 Å². The number of aliphatic hydroxyl groups is 1. The van der Waals surface area contributed by atoms with Crippen molar-refractivity contribution in [3.05, 3.63) is 29.0 Å². The van der Waals surface area contributed by atoms with Gasteiger partial charge >= 0.3 is 0 Å². The zero-order valence-electron chi connectivity index (χ0n) is 13.7. The van der Waals surface area contributed by atoms with Gasteiger partial charge in [-0.15, -0.1) is 0 Å². The summed E-state index contributed by atoms with van der Waals surface area (Å²) in [5, 5.41) is 12.1. The van der Waals surface area contributed by atoms with Crippen LogP contribution >= 0.6 is 22.5 Å². The summed E-state index contributed by atoms with van der Waals surface area (Å²) in [6, 6.07) is 4.57. The zero-order valence-corrected chi connectivity index (χ0v) is 15.3. The second-order valence-corrected chi connectivity index (χ2v) is 6.97. The molecule has 0 spiro atoms. The minimum Gasteiger partial charge on any atom is -0.395 e.